The Labute approximate surface area is 121 Å². The van der Waals surface area contributed by atoms with E-state index >= 15 is 0 Å². The molecule has 5 nitrogen and oxygen atoms in total. The molecule has 2 aromatic rings. The molecule has 0 saturated carbocycles. The average Bonchev–Trinajstić information content (AvgIpc) is 3.13. The van der Waals surface area contributed by atoms with Gasteiger partial charge < -0.3 is 9.47 Å². The molecule has 5 heteroatoms. The lowest BCUT2D eigenvalue weighted by atomic mass is 9.78. The van der Waals surface area contributed by atoms with Gasteiger partial charge >= 0.3 is 5.97 Å². The zero-order valence-corrected chi connectivity index (χ0v) is 11.3. The van der Waals surface area contributed by atoms with Gasteiger partial charge in [-0.05, 0) is 24.3 Å². The Kier molecular flexibility index (Phi) is 2.75. The highest BCUT2D eigenvalue weighted by atomic mass is 16.6. The van der Waals surface area contributed by atoms with Gasteiger partial charge in [0.15, 0.2) is 0 Å². The van der Waals surface area contributed by atoms with Crippen LogP contribution >= 0.6 is 0 Å². The van der Waals surface area contributed by atoms with Gasteiger partial charge in [0.1, 0.15) is 0 Å². The van der Waals surface area contributed by atoms with Crippen molar-refractivity contribution < 1.29 is 14.3 Å². The molecule has 2 aliphatic heterocycles. The molecule has 21 heavy (non-hydrogen) atoms. The van der Waals surface area contributed by atoms with E-state index in [1.54, 1.807) is 12.4 Å². The number of fused-ring (bicyclic) bond motifs is 1. The second-order valence-corrected chi connectivity index (χ2v) is 5.34. The summed E-state index contributed by atoms with van der Waals surface area (Å²) in [7, 11) is 0. The minimum absolute atomic E-state index is 0.0881. The van der Waals surface area contributed by atoms with Gasteiger partial charge in [-0.1, -0.05) is 12.1 Å². The van der Waals surface area contributed by atoms with Crippen molar-refractivity contribution in [1.29, 1.82) is 0 Å². The molecule has 2 saturated heterocycles. The summed E-state index contributed by atoms with van der Waals surface area (Å²) in [4.78, 5) is 21.1. The molecule has 0 bridgehead atoms. The molecule has 0 amide bonds. The van der Waals surface area contributed by atoms with E-state index in [1.165, 1.54) is 0 Å². The number of cyclic esters (lactones) is 1. The Balaban J connectivity index is 1.94. The SMILES string of the molecule is O=C1OC(c2ccccn2)(c2ccccn2)C2COCC12. The Bertz CT molecular complexity index is 620. The zero-order chi connectivity index (χ0) is 14.3. The van der Waals surface area contributed by atoms with Crippen LogP contribution in [-0.4, -0.2) is 29.2 Å². The maximum atomic E-state index is 12.3. The van der Waals surface area contributed by atoms with Gasteiger partial charge in [0.2, 0.25) is 5.60 Å². The van der Waals surface area contributed by atoms with E-state index in [-0.39, 0.29) is 17.8 Å². The number of aromatic nitrogens is 2. The van der Waals surface area contributed by atoms with Gasteiger partial charge in [-0.2, -0.15) is 0 Å². The number of ether oxygens (including phenoxy) is 2. The van der Waals surface area contributed by atoms with Crippen molar-refractivity contribution >= 4 is 5.97 Å². The van der Waals surface area contributed by atoms with E-state index in [1.807, 2.05) is 36.4 Å². The summed E-state index contributed by atoms with van der Waals surface area (Å²) in [5, 5.41) is 0. The normalized spacial score (nSPS) is 26.4. The van der Waals surface area contributed by atoms with Crippen molar-refractivity contribution in [1.82, 2.24) is 9.97 Å². The quantitative estimate of drug-likeness (QED) is 0.782. The Morgan fingerprint density at radius 1 is 1.00 bits per heavy atom. The van der Waals surface area contributed by atoms with Gasteiger partial charge in [-0.3, -0.25) is 14.8 Å². The third-order valence-electron chi connectivity index (χ3n) is 4.26. The van der Waals surface area contributed by atoms with Crippen LogP contribution in [0.1, 0.15) is 11.4 Å². The molecular formula is C16H14N2O3. The molecule has 2 aromatic heterocycles. The molecule has 4 heterocycles. The smallest absolute Gasteiger partial charge is 0.313 e. The van der Waals surface area contributed by atoms with E-state index in [0.29, 0.717) is 24.6 Å². The molecule has 0 spiro atoms. The lowest BCUT2D eigenvalue weighted by Gasteiger charge is -2.31. The molecule has 2 fully saturated rings. The van der Waals surface area contributed by atoms with Gasteiger partial charge in [0, 0.05) is 18.3 Å². The van der Waals surface area contributed by atoms with E-state index in [9.17, 15) is 4.79 Å². The van der Waals surface area contributed by atoms with Gasteiger partial charge in [-0.25, -0.2) is 0 Å². The van der Waals surface area contributed by atoms with E-state index in [2.05, 4.69) is 9.97 Å². The Hall–Kier alpha value is -2.27. The first-order chi connectivity index (χ1) is 10.3. The highest BCUT2D eigenvalue weighted by molar-refractivity contribution is 5.77. The molecule has 0 N–H and O–H groups in total. The number of rotatable bonds is 2. The van der Waals surface area contributed by atoms with Crippen LogP contribution in [0.15, 0.2) is 48.8 Å². The highest BCUT2D eigenvalue weighted by Crippen LogP contribution is 2.50. The molecule has 106 valence electrons. The topological polar surface area (TPSA) is 61.3 Å². The summed E-state index contributed by atoms with van der Waals surface area (Å²) in [6.45, 7) is 0.883. The maximum absolute atomic E-state index is 12.3. The number of hydrogen-bond acceptors (Lipinski definition) is 5. The van der Waals surface area contributed by atoms with Gasteiger partial charge in [0.25, 0.3) is 0 Å². The first-order valence-corrected chi connectivity index (χ1v) is 6.96. The molecule has 2 aliphatic rings. The minimum Gasteiger partial charge on any atom is -0.445 e. The van der Waals surface area contributed by atoms with Crippen LogP contribution < -0.4 is 0 Å². The van der Waals surface area contributed by atoms with Crippen molar-refractivity contribution in [3.8, 4) is 0 Å². The number of nitrogens with zero attached hydrogens (tertiary/aromatic N) is 2. The zero-order valence-electron chi connectivity index (χ0n) is 11.3. The summed E-state index contributed by atoms with van der Waals surface area (Å²) < 4.78 is 11.4. The first kappa shape index (κ1) is 12.5. The van der Waals surface area contributed by atoms with Crippen LogP contribution in [0.3, 0.4) is 0 Å². The van der Waals surface area contributed by atoms with E-state index in [0.717, 1.165) is 0 Å². The largest absolute Gasteiger partial charge is 0.445 e. The molecule has 0 radical (unpaired) electrons. The van der Waals surface area contributed by atoms with E-state index < -0.39 is 5.60 Å². The summed E-state index contributed by atoms with van der Waals surface area (Å²) in [6, 6.07) is 11.2. The summed E-state index contributed by atoms with van der Waals surface area (Å²) >= 11 is 0. The summed E-state index contributed by atoms with van der Waals surface area (Å²) in [5.41, 5.74) is 0.464. The van der Waals surface area contributed by atoms with E-state index in [4.69, 9.17) is 9.47 Å². The average molecular weight is 282 g/mol. The third-order valence-corrected chi connectivity index (χ3v) is 4.26. The van der Waals surface area contributed by atoms with Crippen molar-refractivity contribution in [3.63, 3.8) is 0 Å². The minimum atomic E-state index is -0.944. The monoisotopic (exact) mass is 282 g/mol. The molecule has 0 aromatic carbocycles. The summed E-state index contributed by atoms with van der Waals surface area (Å²) in [5.74, 6) is -0.558. The number of carbonyl (C=O) groups excluding carboxylic acids is 1. The van der Waals surface area contributed by atoms with Crippen molar-refractivity contribution in [2.75, 3.05) is 13.2 Å². The fourth-order valence-corrected chi connectivity index (χ4v) is 3.28. The number of hydrogen-bond donors (Lipinski definition) is 0. The molecule has 2 atom stereocenters. The second-order valence-electron chi connectivity index (χ2n) is 5.34. The van der Waals surface area contributed by atoms with Gasteiger partial charge in [-0.15, -0.1) is 0 Å². The van der Waals surface area contributed by atoms with Crippen LogP contribution in [0.25, 0.3) is 0 Å². The third kappa shape index (κ3) is 1.70. The first-order valence-electron chi connectivity index (χ1n) is 6.96. The molecule has 4 rings (SSSR count). The van der Waals surface area contributed by atoms with Crippen LogP contribution in [-0.2, 0) is 19.9 Å². The molecular weight excluding hydrogens is 268 g/mol. The summed E-state index contributed by atoms with van der Waals surface area (Å²) in [6.07, 6.45) is 3.41. The fraction of sp³-hybridized carbons (Fsp3) is 0.312. The Morgan fingerprint density at radius 2 is 1.67 bits per heavy atom. The second kappa shape index (κ2) is 4.63. The lowest BCUT2D eigenvalue weighted by Crippen LogP contribution is -2.37. The number of pyridine rings is 2. The van der Waals surface area contributed by atoms with Crippen LogP contribution in [0.2, 0.25) is 0 Å². The predicted octanol–water partition coefficient (Wildman–Crippen LogP) is 1.54. The van der Waals surface area contributed by atoms with Crippen LogP contribution in [0.5, 0.6) is 0 Å². The standard InChI is InChI=1S/C16H14N2O3/c19-15-11-9-20-10-12(11)16(21-15,13-5-1-3-7-17-13)14-6-2-4-8-18-14/h1-8,11-12H,9-10H2. The van der Waals surface area contributed by atoms with Crippen LogP contribution in [0, 0.1) is 11.8 Å². The van der Waals surface area contributed by atoms with Crippen molar-refractivity contribution in [2.45, 2.75) is 5.60 Å². The van der Waals surface area contributed by atoms with Gasteiger partial charge in [0.05, 0.1) is 30.5 Å². The highest BCUT2D eigenvalue weighted by Gasteiger charge is 2.61. The van der Waals surface area contributed by atoms with Crippen molar-refractivity contribution in [3.05, 3.63) is 60.2 Å². The van der Waals surface area contributed by atoms with Crippen molar-refractivity contribution in [2.24, 2.45) is 11.8 Å². The lowest BCUT2D eigenvalue weighted by molar-refractivity contribution is -0.151. The van der Waals surface area contributed by atoms with Crippen LogP contribution in [0.4, 0.5) is 0 Å². The fourth-order valence-electron chi connectivity index (χ4n) is 3.28. The Morgan fingerprint density at radius 3 is 2.24 bits per heavy atom. The molecule has 2 unspecified atom stereocenters. The molecule has 0 aliphatic carbocycles. The number of esters is 1. The number of carbonyl (C=O) groups is 1. The predicted molar refractivity (Wildman–Crippen MR) is 73.1 cm³/mol. The maximum Gasteiger partial charge on any atom is 0.313 e.